The SMILES string of the molecule is CC(CCCC(=O)O)CC1=CCCC1. The zero-order valence-corrected chi connectivity index (χ0v) is 8.96. The molecule has 0 aromatic heterocycles. The molecule has 1 unspecified atom stereocenters. The molecule has 0 aromatic carbocycles. The van der Waals surface area contributed by atoms with Gasteiger partial charge >= 0.3 is 5.97 Å². The maximum Gasteiger partial charge on any atom is 0.303 e. The maximum absolute atomic E-state index is 10.3. The monoisotopic (exact) mass is 196 g/mol. The Balaban J connectivity index is 2.09. The predicted molar refractivity (Wildman–Crippen MR) is 57.2 cm³/mol. The van der Waals surface area contributed by atoms with E-state index in [1.54, 1.807) is 5.57 Å². The Hall–Kier alpha value is -0.790. The largest absolute Gasteiger partial charge is 0.481 e. The molecule has 0 aromatic rings. The highest BCUT2D eigenvalue weighted by Crippen LogP contribution is 2.26. The van der Waals surface area contributed by atoms with Crippen molar-refractivity contribution in [2.24, 2.45) is 5.92 Å². The third kappa shape index (κ3) is 4.45. The molecule has 0 bridgehead atoms. The van der Waals surface area contributed by atoms with E-state index < -0.39 is 5.97 Å². The quantitative estimate of drug-likeness (QED) is 0.661. The molecule has 0 radical (unpaired) electrons. The average Bonchev–Trinajstić information content (AvgIpc) is 2.56. The number of allylic oxidation sites excluding steroid dienone is 2. The second-order valence-corrected chi connectivity index (χ2v) is 4.35. The zero-order valence-electron chi connectivity index (χ0n) is 8.96. The van der Waals surface area contributed by atoms with Gasteiger partial charge in [-0.2, -0.15) is 0 Å². The molecule has 0 saturated carbocycles. The summed E-state index contributed by atoms with van der Waals surface area (Å²) in [6.07, 6.45) is 9.56. The summed E-state index contributed by atoms with van der Waals surface area (Å²) >= 11 is 0. The Morgan fingerprint density at radius 1 is 1.64 bits per heavy atom. The first kappa shape index (κ1) is 11.3. The Morgan fingerprint density at radius 3 is 3.00 bits per heavy atom. The molecule has 0 heterocycles. The maximum atomic E-state index is 10.3. The first-order chi connectivity index (χ1) is 6.68. The molecule has 2 nitrogen and oxygen atoms in total. The van der Waals surface area contributed by atoms with E-state index in [4.69, 9.17) is 5.11 Å². The molecule has 0 fully saturated rings. The fraction of sp³-hybridized carbons (Fsp3) is 0.750. The molecular weight excluding hydrogens is 176 g/mol. The van der Waals surface area contributed by atoms with Crippen LogP contribution in [0.2, 0.25) is 0 Å². The number of hydrogen-bond donors (Lipinski definition) is 1. The summed E-state index contributed by atoms with van der Waals surface area (Å²) in [6.45, 7) is 2.22. The van der Waals surface area contributed by atoms with E-state index in [0.717, 1.165) is 12.8 Å². The minimum Gasteiger partial charge on any atom is -0.481 e. The highest BCUT2D eigenvalue weighted by Gasteiger charge is 2.09. The summed E-state index contributed by atoms with van der Waals surface area (Å²) in [5.41, 5.74) is 1.59. The van der Waals surface area contributed by atoms with Crippen LogP contribution >= 0.6 is 0 Å². The summed E-state index contributed by atoms with van der Waals surface area (Å²) in [4.78, 5) is 10.3. The van der Waals surface area contributed by atoms with Gasteiger partial charge in [-0.1, -0.05) is 18.6 Å². The lowest BCUT2D eigenvalue weighted by Gasteiger charge is -2.10. The average molecular weight is 196 g/mol. The van der Waals surface area contributed by atoms with E-state index in [1.165, 1.54) is 25.7 Å². The van der Waals surface area contributed by atoms with Crippen LogP contribution in [0.25, 0.3) is 0 Å². The molecule has 0 amide bonds. The molecule has 1 aliphatic rings. The van der Waals surface area contributed by atoms with Crippen LogP contribution < -0.4 is 0 Å². The molecule has 14 heavy (non-hydrogen) atoms. The van der Waals surface area contributed by atoms with Crippen molar-refractivity contribution in [3.63, 3.8) is 0 Å². The van der Waals surface area contributed by atoms with Gasteiger partial charge in [0.1, 0.15) is 0 Å². The minimum atomic E-state index is -0.669. The summed E-state index contributed by atoms with van der Waals surface area (Å²) < 4.78 is 0. The molecule has 1 rings (SSSR count). The number of carboxylic acid groups (broad SMARTS) is 1. The van der Waals surface area contributed by atoms with Crippen LogP contribution in [0.15, 0.2) is 11.6 Å². The van der Waals surface area contributed by atoms with Crippen molar-refractivity contribution < 1.29 is 9.90 Å². The van der Waals surface area contributed by atoms with Gasteiger partial charge in [0.05, 0.1) is 0 Å². The highest BCUT2D eigenvalue weighted by atomic mass is 16.4. The Kier molecular flexibility index (Phi) is 4.71. The molecule has 0 aliphatic heterocycles. The van der Waals surface area contributed by atoms with Gasteiger partial charge in [0, 0.05) is 6.42 Å². The van der Waals surface area contributed by atoms with Crippen molar-refractivity contribution >= 4 is 5.97 Å². The number of hydrogen-bond acceptors (Lipinski definition) is 1. The highest BCUT2D eigenvalue weighted by molar-refractivity contribution is 5.66. The van der Waals surface area contributed by atoms with E-state index in [2.05, 4.69) is 13.0 Å². The van der Waals surface area contributed by atoms with E-state index >= 15 is 0 Å². The van der Waals surface area contributed by atoms with E-state index in [9.17, 15) is 4.79 Å². The summed E-state index contributed by atoms with van der Waals surface area (Å²) in [6, 6.07) is 0. The van der Waals surface area contributed by atoms with Crippen molar-refractivity contribution in [1.82, 2.24) is 0 Å². The Morgan fingerprint density at radius 2 is 2.43 bits per heavy atom. The van der Waals surface area contributed by atoms with Crippen molar-refractivity contribution in [1.29, 1.82) is 0 Å². The van der Waals surface area contributed by atoms with E-state index in [1.807, 2.05) is 0 Å². The molecular formula is C12H20O2. The topological polar surface area (TPSA) is 37.3 Å². The Bertz CT molecular complexity index is 218. The zero-order chi connectivity index (χ0) is 10.4. The van der Waals surface area contributed by atoms with Crippen LogP contribution in [0.5, 0.6) is 0 Å². The van der Waals surface area contributed by atoms with Crippen LogP contribution in [0.3, 0.4) is 0 Å². The van der Waals surface area contributed by atoms with E-state index in [-0.39, 0.29) is 0 Å². The van der Waals surface area contributed by atoms with Crippen LogP contribution in [-0.4, -0.2) is 11.1 Å². The second kappa shape index (κ2) is 5.84. The molecule has 1 atom stereocenters. The Labute approximate surface area is 86.0 Å². The van der Waals surface area contributed by atoms with Gasteiger partial charge in [-0.3, -0.25) is 4.79 Å². The van der Waals surface area contributed by atoms with Crippen molar-refractivity contribution in [2.45, 2.75) is 51.9 Å². The number of carbonyl (C=O) groups is 1. The normalized spacial score (nSPS) is 17.9. The first-order valence-corrected chi connectivity index (χ1v) is 5.58. The van der Waals surface area contributed by atoms with Crippen LogP contribution in [0.1, 0.15) is 51.9 Å². The van der Waals surface area contributed by atoms with Gasteiger partial charge in [0.25, 0.3) is 0 Å². The summed E-state index contributed by atoms with van der Waals surface area (Å²) in [7, 11) is 0. The van der Waals surface area contributed by atoms with Crippen LogP contribution in [0.4, 0.5) is 0 Å². The molecule has 0 saturated heterocycles. The number of aliphatic carboxylic acids is 1. The standard InChI is InChI=1S/C12H20O2/c1-10(5-4-8-12(13)14)9-11-6-2-3-7-11/h6,10H,2-5,7-9H2,1H3,(H,13,14). The first-order valence-electron chi connectivity index (χ1n) is 5.58. The van der Waals surface area contributed by atoms with Gasteiger partial charge in [0.15, 0.2) is 0 Å². The molecule has 0 spiro atoms. The summed E-state index contributed by atoms with van der Waals surface area (Å²) in [5.74, 6) is -0.0176. The molecule has 80 valence electrons. The molecule has 1 N–H and O–H groups in total. The lowest BCUT2D eigenvalue weighted by molar-refractivity contribution is -0.137. The van der Waals surface area contributed by atoms with Crippen LogP contribution in [-0.2, 0) is 4.79 Å². The van der Waals surface area contributed by atoms with Crippen LogP contribution in [0, 0.1) is 5.92 Å². The van der Waals surface area contributed by atoms with Gasteiger partial charge in [-0.05, 0) is 44.4 Å². The number of rotatable bonds is 6. The fourth-order valence-electron chi connectivity index (χ4n) is 2.07. The number of carboxylic acids is 1. The van der Waals surface area contributed by atoms with Gasteiger partial charge in [0.2, 0.25) is 0 Å². The second-order valence-electron chi connectivity index (χ2n) is 4.35. The third-order valence-corrected chi connectivity index (χ3v) is 2.83. The molecule has 1 aliphatic carbocycles. The van der Waals surface area contributed by atoms with Gasteiger partial charge in [-0.25, -0.2) is 0 Å². The van der Waals surface area contributed by atoms with Gasteiger partial charge < -0.3 is 5.11 Å². The van der Waals surface area contributed by atoms with Crippen molar-refractivity contribution in [3.8, 4) is 0 Å². The van der Waals surface area contributed by atoms with Crippen molar-refractivity contribution in [3.05, 3.63) is 11.6 Å². The fourth-order valence-corrected chi connectivity index (χ4v) is 2.07. The van der Waals surface area contributed by atoms with Gasteiger partial charge in [-0.15, -0.1) is 0 Å². The van der Waals surface area contributed by atoms with Crippen molar-refractivity contribution in [2.75, 3.05) is 0 Å². The minimum absolute atomic E-state index is 0.323. The lowest BCUT2D eigenvalue weighted by Crippen LogP contribution is -1.99. The van der Waals surface area contributed by atoms with E-state index in [0.29, 0.717) is 12.3 Å². The predicted octanol–water partition coefficient (Wildman–Crippen LogP) is 3.38. The lowest BCUT2D eigenvalue weighted by atomic mass is 9.95. The summed E-state index contributed by atoms with van der Waals surface area (Å²) in [5, 5.41) is 8.50. The smallest absolute Gasteiger partial charge is 0.303 e. The third-order valence-electron chi connectivity index (χ3n) is 2.83. The molecule has 2 heteroatoms.